The molecule has 0 radical (unpaired) electrons. The van der Waals surface area contributed by atoms with E-state index in [1.807, 2.05) is 12.1 Å². The van der Waals surface area contributed by atoms with Crippen molar-refractivity contribution in [2.75, 3.05) is 0 Å². The maximum absolute atomic E-state index is 10.7. The zero-order valence-corrected chi connectivity index (χ0v) is 11.2. The standard InChI is InChI=1S/C10H8O3S.ClH.Mg/c11-14(12,13)10-6-5-8-3-1-2-4-9(8)7-10;;/h1-7H,(H,11,12,13);1H;/q;;+2/p-2. The third kappa shape index (κ3) is 3.33. The van der Waals surface area contributed by atoms with Crippen molar-refractivity contribution in [3.05, 3.63) is 42.5 Å². The van der Waals surface area contributed by atoms with E-state index in [1.54, 1.807) is 18.2 Å². The molecule has 2 rings (SSSR count). The second-order valence-corrected chi connectivity index (χ2v) is 4.34. The molecule has 0 N–H and O–H groups in total. The van der Waals surface area contributed by atoms with E-state index in [-0.39, 0.29) is 40.4 Å². The van der Waals surface area contributed by atoms with Gasteiger partial charge in [-0.25, -0.2) is 8.42 Å². The number of hydrogen-bond acceptors (Lipinski definition) is 3. The van der Waals surface area contributed by atoms with Crippen LogP contribution in [0.4, 0.5) is 0 Å². The normalized spacial score (nSPS) is 10.3. The van der Waals surface area contributed by atoms with Crippen LogP contribution in [-0.2, 0) is 10.1 Å². The second-order valence-electron chi connectivity index (χ2n) is 2.96. The number of rotatable bonds is 1. The fraction of sp³-hybridized carbons (Fsp3) is 0. The van der Waals surface area contributed by atoms with Crippen molar-refractivity contribution in [3.63, 3.8) is 0 Å². The van der Waals surface area contributed by atoms with Gasteiger partial charge in [0.1, 0.15) is 10.1 Å². The summed E-state index contributed by atoms with van der Waals surface area (Å²) in [7, 11) is -4.34. The molecule has 0 unspecified atom stereocenters. The zero-order valence-electron chi connectivity index (χ0n) is 8.26. The van der Waals surface area contributed by atoms with Crippen molar-refractivity contribution in [2.45, 2.75) is 4.90 Å². The van der Waals surface area contributed by atoms with E-state index in [0.29, 0.717) is 0 Å². The van der Waals surface area contributed by atoms with Gasteiger partial charge in [0.05, 0.1) is 4.90 Å². The molecule has 0 saturated heterocycles. The van der Waals surface area contributed by atoms with Crippen LogP contribution in [-0.4, -0.2) is 36.0 Å². The Kier molecular flexibility index (Phi) is 5.71. The first kappa shape index (κ1) is 15.7. The van der Waals surface area contributed by atoms with E-state index in [9.17, 15) is 13.0 Å². The van der Waals surface area contributed by atoms with Gasteiger partial charge in [-0.05, 0) is 22.9 Å². The Morgan fingerprint density at radius 1 is 0.938 bits per heavy atom. The SMILES string of the molecule is O=S(=O)([O-])c1ccc2ccccc2c1.[Cl-].[Mg+2]. The summed E-state index contributed by atoms with van der Waals surface area (Å²) < 4.78 is 32.2. The quantitative estimate of drug-likeness (QED) is 0.460. The van der Waals surface area contributed by atoms with Crippen molar-refractivity contribution >= 4 is 43.9 Å². The van der Waals surface area contributed by atoms with Crippen LogP contribution in [0.2, 0.25) is 0 Å². The Labute approximate surface area is 116 Å². The van der Waals surface area contributed by atoms with Crippen LogP contribution in [0.15, 0.2) is 47.4 Å². The summed E-state index contributed by atoms with van der Waals surface area (Å²) in [5.74, 6) is 0. The molecule has 0 aliphatic heterocycles. The average Bonchev–Trinajstić information content (AvgIpc) is 2.16. The maximum atomic E-state index is 10.7. The molecule has 0 aromatic heterocycles. The van der Waals surface area contributed by atoms with Gasteiger partial charge in [0.2, 0.25) is 0 Å². The van der Waals surface area contributed by atoms with Crippen LogP contribution in [0.1, 0.15) is 0 Å². The molecule has 0 amide bonds. The molecule has 2 aromatic rings. The zero-order chi connectivity index (χ0) is 10.2. The van der Waals surface area contributed by atoms with Crippen LogP contribution in [0, 0.1) is 0 Å². The molecule has 0 aliphatic rings. The molecule has 0 bridgehead atoms. The Hall–Kier alpha value is -0.334. The molecule has 0 atom stereocenters. The van der Waals surface area contributed by atoms with Crippen molar-refractivity contribution in [1.29, 1.82) is 0 Å². The number of halogens is 1. The first-order chi connectivity index (χ1) is 6.57. The third-order valence-corrected chi connectivity index (χ3v) is 2.84. The fourth-order valence-corrected chi connectivity index (χ4v) is 1.83. The van der Waals surface area contributed by atoms with Crippen LogP contribution in [0.5, 0.6) is 0 Å². The Bertz CT molecular complexity index is 583. The van der Waals surface area contributed by atoms with Crippen LogP contribution in [0.25, 0.3) is 10.8 Å². The van der Waals surface area contributed by atoms with E-state index in [0.717, 1.165) is 10.8 Å². The number of fused-ring (bicyclic) bond motifs is 1. The molecule has 0 spiro atoms. The number of benzene rings is 2. The number of hydrogen-bond donors (Lipinski definition) is 0. The average molecular weight is 267 g/mol. The summed E-state index contributed by atoms with van der Waals surface area (Å²) in [5.41, 5.74) is 0. The van der Waals surface area contributed by atoms with Gasteiger partial charge in [-0.3, -0.25) is 0 Å². The van der Waals surface area contributed by atoms with Crippen LogP contribution < -0.4 is 12.4 Å². The molecule has 0 saturated carbocycles. The topological polar surface area (TPSA) is 57.2 Å². The Balaban J connectivity index is 0.00000112. The fourth-order valence-electron chi connectivity index (χ4n) is 1.32. The minimum Gasteiger partial charge on any atom is -1.00 e. The van der Waals surface area contributed by atoms with Crippen molar-refractivity contribution in [1.82, 2.24) is 0 Å². The first-order valence-corrected chi connectivity index (χ1v) is 5.43. The van der Waals surface area contributed by atoms with Gasteiger partial charge < -0.3 is 17.0 Å². The Morgan fingerprint density at radius 2 is 1.50 bits per heavy atom. The summed E-state index contributed by atoms with van der Waals surface area (Å²) in [6, 6.07) is 11.6. The van der Waals surface area contributed by atoms with E-state index in [2.05, 4.69) is 0 Å². The molecule has 6 heteroatoms. The van der Waals surface area contributed by atoms with Gasteiger partial charge in [0, 0.05) is 0 Å². The minimum absolute atomic E-state index is 0. The predicted octanol–water partition coefficient (Wildman–Crippen LogP) is -1.63. The summed E-state index contributed by atoms with van der Waals surface area (Å²) >= 11 is 0. The van der Waals surface area contributed by atoms with Crippen LogP contribution in [0.3, 0.4) is 0 Å². The van der Waals surface area contributed by atoms with E-state index in [1.165, 1.54) is 12.1 Å². The minimum atomic E-state index is -4.34. The molecule has 3 nitrogen and oxygen atoms in total. The van der Waals surface area contributed by atoms with E-state index in [4.69, 9.17) is 0 Å². The van der Waals surface area contributed by atoms with Gasteiger partial charge in [0.25, 0.3) is 0 Å². The summed E-state index contributed by atoms with van der Waals surface area (Å²) in [6.45, 7) is 0. The van der Waals surface area contributed by atoms with Crippen molar-refractivity contribution in [2.24, 2.45) is 0 Å². The largest absolute Gasteiger partial charge is 2.00 e. The van der Waals surface area contributed by atoms with Crippen molar-refractivity contribution in [3.8, 4) is 0 Å². The third-order valence-electron chi connectivity index (χ3n) is 2.01. The van der Waals surface area contributed by atoms with Crippen molar-refractivity contribution < 1.29 is 25.4 Å². The maximum Gasteiger partial charge on any atom is 2.00 e. The molecule has 80 valence electrons. The van der Waals surface area contributed by atoms with Gasteiger partial charge in [-0.2, -0.15) is 0 Å². The summed E-state index contributed by atoms with van der Waals surface area (Å²) in [4.78, 5) is -0.184. The molecule has 0 aliphatic carbocycles. The first-order valence-electron chi connectivity index (χ1n) is 4.02. The molecular formula is C10H7ClMgO3S. The van der Waals surface area contributed by atoms with Gasteiger partial charge in [-0.15, -0.1) is 0 Å². The second kappa shape index (κ2) is 5.84. The molecule has 0 heterocycles. The molecule has 2 aromatic carbocycles. The van der Waals surface area contributed by atoms with Crippen LogP contribution >= 0.6 is 0 Å². The smallest absolute Gasteiger partial charge is 1.00 e. The molecule has 16 heavy (non-hydrogen) atoms. The molecule has 0 fully saturated rings. The predicted molar refractivity (Wildman–Crippen MR) is 57.7 cm³/mol. The van der Waals surface area contributed by atoms with Gasteiger partial charge >= 0.3 is 23.1 Å². The monoisotopic (exact) mass is 266 g/mol. The Morgan fingerprint density at radius 3 is 2.06 bits per heavy atom. The van der Waals surface area contributed by atoms with Gasteiger partial charge in [0.15, 0.2) is 0 Å². The van der Waals surface area contributed by atoms with Gasteiger partial charge in [-0.1, -0.05) is 30.3 Å². The summed E-state index contributed by atoms with van der Waals surface area (Å²) in [6.07, 6.45) is 0. The summed E-state index contributed by atoms with van der Waals surface area (Å²) in [5, 5.41) is 1.67. The molecular weight excluding hydrogens is 260 g/mol. The van der Waals surface area contributed by atoms with E-state index < -0.39 is 10.1 Å². The van der Waals surface area contributed by atoms with E-state index >= 15 is 0 Å².